The molecule has 0 radical (unpaired) electrons. The van der Waals surface area contributed by atoms with Gasteiger partial charge in [-0.1, -0.05) is 12.1 Å². The fourth-order valence-corrected chi connectivity index (χ4v) is 2.98. The predicted molar refractivity (Wildman–Crippen MR) is 58.4 cm³/mol. The first-order chi connectivity index (χ1) is 7.38. The summed E-state index contributed by atoms with van der Waals surface area (Å²) in [5, 5.41) is 12.2. The molecule has 1 aromatic carbocycles. The van der Waals surface area contributed by atoms with Crippen LogP contribution < -0.4 is 5.32 Å². The van der Waals surface area contributed by atoms with Gasteiger partial charge in [-0.15, -0.1) is 0 Å². The molecule has 2 aliphatic rings. The fourth-order valence-electron chi connectivity index (χ4n) is 2.98. The zero-order valence-electron chi connectivity index (χ0n) is 8.61. The molecule has 1 saturated carbocycles. The minimum Gasteiger partial charge on any atom is -0.316 e. The summed E-state index contributed by atoms with van der Waals surface area (Å²) in [5.41, 5.74) is 2.18. The predicted octanol–water partition coefficient (Wildman–Crippen LogP) is 1.88. The number of nitrogens with zero attached hydrogens (tertiary/aromatic N) is 1. The van der Waals surface area contributed by atoms with E-state index in [9.17, 15) is 0 Å². The summed E-state index contributed by atoms with van der Waals surface area (Å²) in [6.45, 7) is 2.38. The summed E-state index contributed by atoms with van der Waals surface area (Å²) in [4.78, 5) is 0. The molecule has 1 aliphatic carbocycles. The zero-order valence-corrected chi connectivity index (χ0v) is 8.61. The average Bonchev–Trinajstić information content (AvgIpc) is 2.61. The molecule has 3 rings (SSSR count). The van der Waals surface area contributed by atoms with Crippen molar-refractivity contribution in [2.45, 2.75) is 12.3 Å². The normalized spacial score (nSPS) is 32.9. The van der Waals surface area contributed by atoms with Gasteiger partial charge in [0, 0.05) is 0 Å². The number of nitriles is 1. The van der Waals surface area contributed by atoms with Crippen LogP contribution in [0.25, 0.3) is 0 Å². The number of fused-ring (bicyclic) bond motifs is 1. The molecule has 15 heavy (non-hydrogen) atoms. The van der Waals surface area contributed by atoms with Crippen LogP contribution >= 0.6 is 0 Å². The Morgan fingerprint density at radius 1 is 1.20 bits per heavy atom. The van der Waals surface area contributed by atoms with Crippen molar-refractivity contribution in [1.82, 2.24) is 5.32 Å². The highest BCUT2D eigenvalue weighted by Gasteiger charge is 2.44. The maximum absolute atomic E-state index is 8.73. The van der Waals surface area contributed by atoms with Gasteiger partial charge in [-0.3, -0.25) is 0 Å². The van der Waals surface area contributed by atoms with Crippen molar-refractivity contribution in [3.05, 3.63) is 35.4 Å². The van der Waals surface area contributed by atoms with Crippen LogP contribution in [0.1, 0.15) is 23.5 Å². The highest BCUT2D eigenvalue weighted by atomic mass is 14.9. The zero-order chi connectivity index (χ0) is 10.3. The number of benzene rings is 1. The minimum atomic E-state index is 0.734. The van der Waals surface area contributed by atoms with Crippen LogP contribution in [0, 0.1) is 23.2 Å². The Morgan fingerprint density at radius 2 is 2.00 bits per heavy atom. The standard InChI is InChI=1S/C13H14N2/c14-6-9-1-3-10(4-2-9)12-5-11-7-15-8-13(11)12/h1-4,11-13,15H,5,7-8H2. The Morgan fingerprint density at radius 3 is 2.67 bits per heavy atom. The lowest BCUT2D eigenvalue weighted by atomic mass is 9.64. The van der Waals surface area contributed by atoms with E-state index in [2.05, 4.69) is 23.5 Å². The second kappa shape index (κ2) is 3.36. The van der Waals surface area contributed by atoms with Gasteiger partial charge >= 0.3 is 0 Å². The molecule has 1 aromatic rings. The number of nitrogens with one attached hydrogen (secondary N) is 1. The van der Waals surface area contributed by atoms with Crippen molar-refractivity contribution >= 4 is 0 Å². The van der Waals surface area contributed by atoms with Gasteiger partial charge in [0.1, 0.15) is 0 Å². The van der Waals surface area contributed by atoms with Crippen LogP contribution in [0.5, 0.6) is 0 Å². The van der Waals surface area contributed by atoms with Gasteiger partial charge in [0.2, 0.25) is 0 Å². The van der Waals surface area contributed by atoms with Crippen molar-refractivity contribution in [1.29, 1.82) is 5.26 Å². The van der Waals surface area contributed by atoms with E-state index < -0.39 is 0 Å². The SMILES string of the molecule is N#Cc1ccc(C2CC3CNCC32)cc1. The largest absolute Gasteiger partial charge is 0.316 e. The highest BCUT2D eigenvalue weighted by molar-refractivity contribution is 5.34. The van der Waals surface area contributed by atoms with Crippen LogP contribution in [0.3, 0.4) is 0 Å². The van der Waals surface area contributed by atoms with E-state index >= 15 is 0 Å². The third kappa shape index (κ3) is 1.35. The smallest absolute Gasteiger partial charge is 0.0991 e. The van der Waals surface area contributed by atoms with E-state index in [0.29, 0.717) is 0 Å². The van der Waals surface area contributed by atoms with Crippen molar-refractivity contribution in [3.8, 4) is 6.07 Å². The maximum Gasteiger partial charge on any atom is 0.0991 e. The molecule has 0 aromatic heterocycles. The number of hydrogen-bond donors (Lipinski definition) is 1. The summed E-state index contributed by atoms with van der Waals surface area (Å²) in [7, 11) is 0. The Kier molecular flexibility index (Phi) is 2.00. The van der Waals surface area contributed by atoms with E-state index in [4.69, 9.17) is 5.26 Å². The molecule has 1 aliphatic heterocycles. The van der Waals surface area contributed by atoms with Crippen LogP contribution in [0.2, 0.25) is 0 Å². The summed E-state index contributed by atoms with van der Waals surface area (Å²) < 4.78 is 0. The lowest BCUT2D eigenvalue weighted by molar-refractivity contribution is 0.191. The molecular weight excluding hydrogens is 184 g/mol. The Hall–Kier alpha value is -1.33. The Labute approximate surface area is 89.9 Å². The summed E-state index contributed by atoms with van der Waals surface area (Å²) in [5.74, 6) is 2.49. The number of hydrogen-bond acceptors (Lipinski definition) is 2. The fraction of sp³-hybridized carbons (Fsp3) is 0.462. The molecule has 1 N–H and O–H groups in total. The van der Waals surface area contributed by atoms with E-state index in [0.717, 1.165) is 23.3 Å². The van der Waals surface area contributed by atoms with Gasteiger partial charge in [0.15, 0.2) is 0 Å². The highest BCUT2D eigenvalue weighted by Crippen LogP contribution is 2.48. The molecule has 0 amide bonds. The molecule has 2 nitrogen and oxygen atoms in total. The topological polar surface area (TPSA) is 35.8 Å². The Bertz CT molecular complexity index is 402. The summed E-state index contributed by atoms with van der Waals surface area (Å²) in [6.07, 6.45) is 1.32. The quantitative estimate of drug-likeness (QED) is 0.748. The number of rotatable bonds is 1. The first-order valence-corrected chi connectivity index (χ1v) is 5.59. The van der Waals surface area contributed by atoms with E-state index in [-0.39, 0.29) is 0 Å². The molecule has 3 unspecified atom stereocenters. The first-order valence-electron chi connectivity index (χ1n) is 5.59. The van der Waals surface area contributed by atoms with Crippen LogP contribution in [-0.4, -0.2) is 13.1 Å². The second-order valence-electron chi connectivity index (χ2n) is 4.66. The third-order valence-electron chi connectivity index (χ3n) is 3.93. The monoisotopic (exact) mass is 198 g/mol. The van der Waals surface area contributed by atoms with Crippen molar-refractivity contribution < 1.29 is 0 Å². The molecule has 1 heterocycles. The van der Waals surface area contributed by atoms with E-state index in [1.54, 1.807) is 0 Å². The second-order valence-corrected chi connectivity index (χ2v) is 4.66. The third-order valence-corrected chi connectivity index (χ3v) is 3.93. The van der Waals surface area contributed by atoms with Gasteiger partial charge in [0.25, 0.3) is 0 Å². The van der Waals surface area contributed by atoms with Crippen molar-refractivity contribution in [2.24, 2.45) is 11.8 Å². The molecule has 0 bridgehead atoms. The van der Waals surface area contributed by atoms with Gasteiger partial charge < -0.3 is 5.32 Å². The molecule has 2 fully saturated rings. The summed E-state index contributed by atoms with van der Waals surface area (Å²) >= 11 is 0. The maximum atomic E-state index is 8.73. The lowest BCUT2D eigenvalue weighted by Gasteiger charge is -2.40. The molecule has 0 spiro atoms. The molecule has 1 saturated heterocycles. The van der Waals surface area contributed by atoms with E-state index in [1.807, 2.05) is 12.1 Å². The van der Waals surface area contributed by atoms with Crippen LogP contribution in [0.15, 0.2) is 24.3 Å². The van der Waals surface area contributed by atoms with Crippen LogP contribution in [-0.2, 0) is 0 Å². The van der Waals surface area contributed by atoms with E-state index in [1.165, 1.54) is 25.1 Å². The lowest BCUT2D eigenvalue weighted by Crippen LogP contribution is -2.33. The Balaban J connectivity index is 1.80. The van der Waals surface area contributed by atoms with Crippen molar-refractivity contribution in [2.75, 3.05) is 13.1 Å². The molecule has 3 atom stereocenters. The van der Waals surface area contributed by atoms with Gasteiger partial charge in [-0.25, -0.2) is 0 Å². The average molecular weight is 198 g/mol. The van der Waals surface area contributed by atoms with Crippen molar-refractivity contribution in [3.63, 3.8) is 0 Å². The van der Waals surface area contributed by atoms with Gasteiger partial charge in [-0.2, -0.15) is 5.26 Å². The molecule has 2 heteroatoms. The summed E-state index contributed by atoms with van der Waals surface area (Å²) in [6, 6.07) is 10.3. The van der Waals surface area contributed by atoms with Gasteiger partial charge in [-0.05, 0) is 55.0 Å². The van der Waals surface area contributed by atoms with Crippen LogP contribution in [0.4, 0.5) is 0 Å². The minimum absolute atomic E-state index is 0.734. The molecular formula is C13H14N2. The van der Waals surface area contributed by atoms with Gasteiger partial charge in [0.05, 0.1) is 11.6 Å². The first kappa shape index (κ1) is 8.94. The molecule has 76 valence electrons.